The number of hydrogen-bond acceptors (Lipinski definition) is 5. The van der Waals surface area contributed by atoms with Crippen LogP contribution in [0.2, 0.25) is 0 Å². The smallest absolute Gasteiger partial charge is 0.150 e. The van der Waals surface area contributed by atoms with Crippen LogP contribution in [0.25, 0.3) is 22.4 Å². The van der Waals surface area contributed by atoms with E-state index >= 15 is 0 Å². The first-order valence-corrected chi connectivity index (χ1v) is 10.9. The van der Waals surface area contributed by atoms with Crippen LogP contribution in [0.4, 0.5) is 11.4 Å². The number of para-hydroxylation sites is 4. The topological polar surface area (TPSA) is 83.4 Å². The van der Waals surface area contributed by atoms with Crippen LogP contribution in [-0.2, 0) is 0 Å². The van der Waals surface area contributed by atoms with Crippen molar-refractivity contribution in [3.63, 3.8) is 0 Å². The Bertz CT molecular complexity index is 1300. The van der Waals surface area contributed by atoms with Gasteiger partial charge in [-0.3, -0.25) is 4.98 Å². The van der Waals surface area contributed by atoms with Crippen molar-refractivity contribution >= 4 is 11.4 Å². The van der Waals surface area contributed by atoms with Gasteiger partial charge in [-0.25, -0.2) is 0 Å². The summed E-state index contributed by atoms with van der Waals surface area (Å²) in [5.74, 6) is 2.69. The minimum atomic E-state index is 0.598. The van der Waals surface area contributed by atoms with Gasteiger partial charge in [0.05, 0.1) is 17.1 Å². The molecule has 0 spiro atoms. The third-order valence-corrected chi connectivity index (χ3v) is 5.39. The van der Waals surface area contributed by atoms with Gasteiger partial charge in [-0.2, -0.15) is 0 Å². The molecule has 1 aromatic heterocycles. The predicted octanol–water partition coefficient (Wildman–Crippen LogP) is 7.16. The maximum absolute atomic E-state index is 5.99. The highest BCUT2D eigenvalue weighted by molar-refractivity contribution is 5.81. The number of nitrogens with zero attached hydrogens (tertiary/aromatic N) is 1. The van der Waals surface area contributed by atoms with E-state index in [1.807, 2.05) is 103 Å². The Kier molecular flexibility index (Phi) is 5.82. The molecule has 0 unspecified atom stereocenters. The molecule has 0 atom stereocenters. The third-order valence-electron chi connectivity index (χ3n) is 5.39. The molecule has 5 aromatic rings. The van der Waals surface area contributed by atoms with Crippen LogP contribution < -0.4 is 20.9 Å². The van der Waals surface area contributed by atoms with Gasteiger partial charge in [0.2, 0.25) is 0 Å². The van der Waals surface area contributed by atoms with Crippen molar-refractivity contribution in [1.29, 1.82) is 0 Å². The summed E-state index contributed by atoms with van der Waals surface area (Å²) in [7, 11) is 0. The first-order valence-electron chi connectivity index (χ1n) is 10.9. The fourth-order valence-electron chi connectivity index (χ4n) is 3.65. The molecule has 4 aromatic carbocycles. The lowest BCUT2D eigenvalue weighted by Crippen LogP contribution is -1.93. The molecule has 0 radical (unpaired) electrons. The van der Waals surface area contributed by atoms with Gasteiger partial charge in [0.15, 0.2) is 0 Å². The number of nitrogens with two attached hydrogens (primary N) is 2. The minimum Gasteiger partial charge on any atom is -0.455 e. The highest BCUT2D eigenvalue weighted by Gasteiger charge is 2.10. The van der Waals surface area contributed by atoms with E-state index in [1.54, 1.807) is 6.20 Å². The molecule has 5 nitrogen and oxygen atoms in total. The molecule has 5 rings (SSSR count). The molecule has 0 aliphatic carbocycles. The normalized spacial score (nSPS) is 10.6. The average molecular weight is 446 g/mol. The molecule has 0 aliphatic rings. The van der Waals surface area contributed by atoms with Gasteiger partial charge in [-0.05, 0) is 72.3 Å². The van der Waals surface area contributed by atoms with Crippen molar-refractivity contribution < 1.29 is 9.47 Å². The number of ether oxygens (including phenoxy) is 2. The van der Waals surface area contributed by atoms with Crippen LogP contribution in [0.5, 0.6) is 23.0 Å². The fraction of sp³-hybridized carbons (Fsp3) is 0. The van der Waals surface area contributed by atoms with Crippen LogP contribution in [0.3, 0.4) is 0 Å². The Morgan fingerprint density at radius 2 is 1.00 bits per heavy atom. The predicted molar refractivity (Wildman–Crippen MR) is 137 cm³/mol. The maximum Gasteiger partial charge on any atom is 0.150 e. The third kappa shape index (κ3) is 4.54. The summed E-state index contributed by atoms with van der Waals surface area (Å²) in [6.45, 7) is 0. The number of anilines is 2. The van der Waals surface area contributed by atoms with E-state index in [0.717, 1.165) is 22.4 Å². The number of nitrogen functional groups attached to an aromatic ring is 2. The van der Waals surface area contributed by atoms with E-state index in [4.69, 9.17) is 20.9 Å². The Labute approximate surface area is 198 Å². The highest BCUT2D eigenvalue weighted by atomic mass is 16.5. The second-order valence-corrected chi connectivity index (χ2v) is 7.73. The van der Waals surface area contributed by atoms with Crippen molar-refractivity contribution in [2.24, 2.45) is 0 Å². The summed E-state index contributed by atoms with van der Waals surface area (Å²) in [4.78, 5) is 4.65. The summed E-state index contributed by atoms with van der Waals surface area (Å²) in [6, 6.07) is 34.6. The molecule has 0 saturated carbocycles. The van der Waals surface area contributed by atoms with E-state index in [2.05, 4.69) is 11.1 Å². The summed E-state index contributed by atoms with van der Waals surface area (Å²) in [5, 5.41) is 0. The van der Waals surface area contributed by atoms with Crippen LogP contribution in [0.1, 0.15) is 0 Å². The number of hydrogen-bond donors (Lipinski definition) is 2. The molecule has 0 amide bonds. The summed E-state index contributed by atoms with van der Waals surface area (Å²) < 4.78 is 11.8. The fourth-order valence-corrected chi connectivity index (χ4v) is 3.65. The summed E-state index contributed by atoms with van der Waals surface area (Å²) in [6.07, 6.45) is 1.80. The number of rotatable bonds is 6. The minimum absolute atomic E-state index is 0.598. The van der Waals surface area contributed by atoms with Crippen LogP contribution >= 0.6 is 0 Å². The van der Waals surface area contributed by atoms with Crippen LogP contribution in [0, 0.1) is 0 Å². The van der Waals surface area contributed by atoms with Gasteiger partial charge in [0.25, 0.3) is 0 Å². The number of benzene rings is 4. The Morgan fingerprint density at radius 3 is 1.53 bits per heavy atom. The van der Waals surface area contributed by atoms with E-state index in [-0.39, 0.29) is 0 Å². The zero-order valence-corrected chi connectivity index (χ0v) is 18.4. The van der Waals surface area contributed by atoms with E-state index in [9.17, 15) is 0 Å². The Balaban J connectivity index is 1.38. The molecule has 0 aliphatic heterocycles. The average Bonchev–Trinajstić information content (AvgIpc) is 2.88. The summed E-state index contributed by atoms with van der Waals surface area (Å²) >= 11 is 0. The number of aromatic nitrogens is 1. The number of pyridine rings is 1. The molecule has 0 fully saturated rings. The monoisotopic (exact) mass is 445 g/mol. The lowest BCUT2D eigenvalue weighted by atomic mass is 9.99. The molecule has 5 heteroatoms. The van der Waals surface area contributed by atoms with Gasteiger partial charge >= 0.3 is 0 Å². The SMILES string of the molecule is Nc1ccccc1Oc1ccc(-c2cccnc2-c2ccc(Oc3ccccc3N)cc2)cc1. The van der Waals surface area contributed by atoms with E-state index in [0.29, 0.717) is 34.4 Å². The zero-order valence-electron chi connectivity index (χ0n) is 18.4. The first-order chi connectivity index (χ1) is 16.7. The molecule has 0 saturated heterocycles. The molecular weight excluding hydrogens is 422 g/mol. The second-order valence-electron chi connectivity index (χ2n) is 7.73. The molecule has 34 heavy (non-hydrogen) atoms. The Morgan fingerprint density at radius 1 is 0.500 bits per heavy atom. The van der Waals surface area contributed by atoms with Gasteiger partial charge in [-0.15, -0.1) is 0 Å². The van der Waals surface area contributed by atoms with Crippen LogP contribution in [-0.4, -0.2) is 4.98 Å². The van der Waals surface area contributed by atoms with E-state index in [1.165, 1.54) is 0 Å². The van der Waals surface area contributed by atoms with Gasteiger partial charge in [-0.1, -0.05) is 42.5 Å². The molecule has 4 N–H and O–H groups in total. The molecule has 166 valence electrons. The van der Waals surface area contributed by atoms with Crippen molar-refractivity contribution in [3.8, 4) is 45.4 Å². The van der Waals surface area contributed by atoms with Gasteiger partial charge in [0.1, 0.15) is 23.0 Å². The zero-order chi connectivity index (χ0) is 23.3. The lowest BCUT2D eigenvalue weighted by Gasteiger charge is -2.12. The Hall–Kier alpha value is -4.77. The van der Waals surface area contributed by atoms with Crippen molar-refractivity contribution in [3.05, 3.63) is 115 Å². The standard InChI is InChI=1S/C29H23N3O2/c30-25-7-1-3-9-27(25)33-22-15-11-20(12-16-22)24-6-5-19-32-29(24)21-13-17-23(18-14-21)34-28-10-4-2-8-26(28)31/h1-19H,30-31H2. The molecular formula is C29H23N3O2. The highest BCUT2D eigenvalue weighted by Crippen LogP contribution is 2.34. The molecule has 0 bridgehead atoms. The largest absolute Gasteiger partial charge is 0.455 e. The van der Waals surface area contributed by atoms with Crippen molar-refractivity contribution in [1.82, 2.24) is 4.98 Å². The van der Waals surface area contributed by atoms with E-state index < -0.39 is 0 Å². The molecule has 1 heterocycles. The lowest BCUT2D eigenvalue weighted by molar-refractivity contribution is 0.485. The van der Waals surface area contributed by atoms with Gasteiger partial charge in [0, 0.05) is 17.3 Å². The van der Waals surface area contributed by atoms with Gasteiger partial charge < -0.3 is 20.9 Å². The van der Waals surface area contributed by atoms with Crippen LogP contribution in [0.15, 0.2) is 115 Å². The maximum atomic E-state index is 5.99. The van der Waals surface area contributed by atoms with Crippen molar-refractivity contribution in [2.75, 3.05) is 11.5 Å². The van der Waals surface area contributed by atoms with Crippen molar-refractivity contribution in [2.45, 2.75) is 0 Å². The second kappa shape index (κ2) is 9.38. The first kappa shape index (κ1) is 21.1. The quantitative estimate of drug-likeness (QED) is 0.271. The summed E-state index contributed by atoms with van der Waals surface area (Å²) in [5.41, 5.74) is 17.1.